The van der Waals surface area contributed by atoms with Crippen LogP contribution in [0.2, 0.25) is 0 Å². The van der Waals surface area contributed by atoms with Crippen LogP contribution < -0.4 is 9.47 Å². The second-order valence-corrected chi connectivity index (χ2v) is 4.99. The Bertz CT molecular complexity index is 363. The third kappa shape index (κ3) is 1.94. The minimum absolute atomic E-state index is 0.102. The predicted octanol–water partition coefficient (Wildman–Crippen LogP) is 3.49. The van der Waals surface area contributed by atoms with Crippen LogP contribution >= 0.6 is 0 Å². The summed E-state index contributed by atoms with van der Waals surface area (Å²) < 4.78 is 11.3. The van der Waals surface area contributed by atoms with E-state index in [9.17, 15) is 0 Å². The average Bonchev–Trinajstić information content (AvgIpc) is 2.57. The maximum atomic E-state index is 5.67. The topological polar surface area (TPSA) is 18.5 Å². The summed E-state index contributed by atoms with van der Waals surface area (Å²) in [5.41, 5.74) is 1.43. The van der Waals surface area contributed by atoms with Crippen molar-refractivity contribution in [3.8, 4) is 11.5 Å². The first-order valence-electron chi connectivity index (χ1n) is 5.48. The van der Waals surface area contributed by atoms with Crippen molar-refractivity contribution in [3.05, 3.63) is 23.8 Å². The van der Waals surface area contributed by atoms with Gasteiger partial charge in [-0.3, -0.25) is 0 Å². The molecule has 0 N–H and O–H groups in total. The summed E-state index contributed by atoms with van der Waals surface area (Å²) in [6, 6.07) is 6.21. The van der Waals surface area contributed by atoms with Crippen LogP contribution in [0.15, 0.2) is 18.2 Å². The standard InChI is InChI=1S/C13H18O2/c1-5-12-14-10-7-6-9(13(2,3)4)8-11(10)15-12/h6-8,12H,5H2,1-4H3. The first-order chi connectivity index (χ1) is 7.00. The van der Waals surface area contributed by atoms with Gasteiger partial charge in [-0.15, -0.1) is 0 Å². The zero-order valence-electron chi connectivity index (χ0n) is 9.83. The fraction of sp³-hybridized carbons (Fsp3) is 0.538. The molecule has 1 aromatic rings. The molecule has 1 aromatic carbocycles. The third-order valence-electron chi connectivity index (χ3n) is 2.66. The molecule has 2 heteroatoms. The summed E-state index contributed by atoms with van der Waals surface area (Å²) in [4.78, 5) is 0. The molecule has 1 unspecified atom stereocenters. The Labute approximate surface area is 91.2 Å². The summed E-state index contributed by atoms with van der Waals surface area (Å²) in [6.07, 6.45) is 0.773. The van der Waals surface area contributed by atoms with Crippen molar-refractivity contribution in [3.63, 3.8) is 0 Å². The normalized spacial score (nSPS) is 19.3. The van der Waals surface area contributed by atoms with Gasteiger partial charge in [0, 0.05) is 6.42 Å². The number of rotatable bonds is 1. The number of ether oxygens (including phenoxy) is 2. The minimum Gasteiger partial charge on any atom is -0.451 e. The molecular weight excluding hydrogens is 188 g/mol. The molecule has 1 aliphatic rings. The van der Waals surface area contributed by atoms with Crippen LogP contribution in [-0.2, 0) is 5.41 Å². The highest BCUT2D eigenvalue weighted by Crippen LogP contribution is 2.38. The quantitative estimate of drug-likeness (QED) is 0.700. The molecule has 0 saturated heterocycles. The molecule has 0 bridgehead atoms. The zero-order valence-corrected chi connectivity index (χ0v) is 9.83. The summed E-state index contributed by atoms with van der Waals surface area (Å²) in [5, 5.41) is 0. The Morgan fingerprint density at radius 3 is 2.40 bits per heavy atom. The molecule has 1 heterocycles. The number of fused-ring (bicyclic) bond motifs is 1. The monoisotopic (exact) mass is 206 g/mol. The molecule has 0 aliphatic carbocycles. The first kappa shape index (κ1) is 10.3. The van der Waals surface area contributed by atoms with Crippen molar-refractivity contribution in [1.29, 1.82) is 0 Å². The lowest BCUT2D eigenvalue weighted by Crippen LogP contribution is -2.15. The smallest absolute Gasteiger partial charge is 0.241 e. The van der Waals surface area contributed by atoms with Crippen LogP contribution in [0.3, 0.4) is 0 Å². The fourth-order valence-corrected chi connectivity index (χ4v) is 1.64. The number of hydrogen-bond donors (Lipinski definition) is 0. The largest absolute Gasteiger partial charge is 0.451 e. The van der Waals surface area contributed by atoms with Crippen LogP contribution in [0.5, 0.6) is 11.5 Å². The van der Waals surface area contributed by atoms with Gasteiger partial charge in [-0.25, -0.2) is 0 Å². The highest BCUT2D eigenvalue weighted by molar-refractivity contribution is 5.46. The maximum Gasteiger partial charge on any atom is 0.241 e. The van der Waals surface area contributed by atoms with Gasteiger partial charge in [-0.1, -0.05) is 33.8 Å². The van der Waals surface area contributed by atoms with E-state index in [1.165, 1.54) is 5.56 Å². The van der Waals surface area contributed by atoms with Gasteiger partial charge in [-0.05, 0) is 23.1 Å². The highest BCUT2D eigenvalue weighted by Gasteiger charge is 2.24. The summed E-state index contributed by atoms with van der Waals surface area (Å²) in [5.74, 6) is 1.75. The third-order valence-corrected chi connectivity index (χ3v) is 2.66. The molecule has 1 atom stereocenters. The second-order valence-electron chi connectivity index (χ2n) is 4.99. The average molecular weight is 206 g/mol. The van der Waals surface area contributed by atoms with E-state index in [-0.39, 0.29) is 11.7 Å². The minimum atomic E-state index is -0.102. The molecule has 0 fully saturated rings. The fourth-order valence-electron chi connectivity index (χ4n) is 1.64. The van der Waals surface area contributed by atoms with E-state index in [4.69, 9.17) is 9.47 Å². The van der Waals surface area contributed by atoms with Crippen LogP contribution in [0.4, 0.5) is 0 Å². The van der Waals surface area contributed by atoms with Gasteiger partial charge < -0.3 is 9.47 Å². The Morgan fingerprint density at radius 2 is 1.80 bits per heavy atom. The Balaban J connectivity index is 2.30. The SMILES string of the molecule is CCC1Oc2ccc(C(C)(C)C)cc2O1. The summed E-state index contributed by atoms with van der Waals surface area (Å²) in [7, 11) is 0. The molecule has 0 amide bonds. The summed E-state index contributed by atoms with van der Waals surface area (Å²) in [6.45, 7) is 8.65. The van der Waals surface area contributed by atoms with E-state index in [1.807, 2.05) is 6.07 Å². The lowest BCUT2D eigenvalue weighted by Gasteiger charge is -2.18. The van der Waals surface area contributed by atoms with E-state index < -0.39 is 0 Å². The van der Waals surface area contributed by atoms with E-state index in [2.05, 4.69) is 39.8 Å². The zero-order chi connectivity index (χ0) is 11.1. The number of benzene rings is 1. The van der Waals surface area contributed by atoms with Crippen LogP contribution in [0.1, 0.15) is 39.7 Å². The van der Waals surface area contributed by atoms with Gasteiger partial charge in [-0.2, -0.15) is 0 Å². The van der Waals surface area contributed by atoms with Crippen LogP contribution in [0.25, 0.3) is 0 Å². The molecular formula is C13H18O2. The summed E-state index contributed by atoms with van der Waals surface area (Å²) >= 11 is 0. The van der Waals surface area contributed by atoms with E-state index in [0.717, 1.165) is 17.9 Å². The Morgan fingerprint density at radius 1 is 1.13 bits per heavy atom. The molecule has 15 heavy (non-hydrogen) atoms. The predicted molar refractivity (Wildman–Crippen MR) is 60.5 cm³/mol. The van der Waals surface area contributed by atoms with E-state index in [1.54, 1.807) is 0 Å². The molecule has 0 aromatic heterocycles. The molecule has 1 aliphatic heterocycles. The van der Waals surface area contributed by atoms with Gasteiger partial charge in [0.2, 0.25) is 6.29 Å². The lowest BCUT2D eigenvalue weighted by molar-refractivity contribution is 0.0464. The van der Waals surface area contributed by atoms with Crippen molar-refractivity contribution in [2.24, 2.45) is 0 Å². The van der Waals surface area contributed by atoms with Crippen LogP contribution in [0, 0.1) is 0 Å². The maximum absolute atomic E-state index is 5.67. The van der Waals surface area contributed by atoms with Crippen molar-refractivity contribution < 1.29 is 9.47 Å². The van der Waals surface area contributed by atoms with Gasteiger partial charge in [0.25, 0.3) is 0 Å². The van der Waals surface area contributed by atoms with Crippen molar-refractivity contribution in [1.82, 2.24) is 0 Å². The molecule has 2 rings (SSSR count). The second kappa shape index (κ2) is 3.44. The highest BCUT2D eigenvalue weighted by atomic mass is 16.7. The van der Waals surface area contributed by atoms with Gasteiger partial charge in [0.15, 0.2) is 11.5 Å². The van der Waals surface area contributed by atoms with Crippen LogP contribution in [-0.4, -0.2) is 6.29 Å². The molecule has 0 saturated carbocycles. The Kier molecular flexibility index (Phi) is 2.37. The van der Waals surface area contributed by atoms with Gasteiger partial charge in [0.1, 0.15) is 0 Å². The Hall–Kier alpha value is -1.18. The van der Waals surface area contributed by atoms with Gasteiger partial charge >= 0.3 is 0 Å². The molecule has 0 spiro atoms. The first-order valence-corrected chi connectivity index (χ1v) is 5.48. The van der Waals surface area contributed by atoms with Gasteiger partial charge in [0.05, 0.1) is 0 Å². The molecule has 82 valence electrons. The van der Waals surface area contributed by atoms with Crippen molar-refractivity contribution >= 4 is 0 Å². The van der Waals surface area contributed by atoms with Crippen molar-refractivity contribution in [2.45, 2.75) is 45.8 Å². The van der Waals surface area contributed by atoms with E-state index >= 15 is 0 Å². The van der Waals surface area contributed by atoms with Crippen molar-refractivity contribution in [2.75, 3.05) is 0 Å². The lowest BCUT2D eigenvalue weighted by atomic mass is 9.87. The molecule has 2 nitrogen and oxygen atoms in total. The molecule has 0 radical (unpaired) electrons. The van der Waals surface area contributed by atoms with E-state index in [0.29, 0.717) is 0 Å². The number of hydrogen-bond acceptors (Lipinski definition) is 2.